The molecule has 0 spiro atoms. The minimum Gasteiger partial charge on any atom is -0.508 e. The molecule has 2 fully saturated rings. The summed E-state index contributed by atoms with van der Waals surface area (Å²) in [6.45, 7) is 1.49. The largest absolute Gasteiger partial charge is 0.508 e. The van der Waals surface area contributed by atoms with Crippen molar-refractivity contribution >= 4 is 11.9 Å². The molecule has 170 valence electrons. The van der Waals surface area contributed by atoms with Crippen LogP contribution in [0.1, 0.15) is 43.2 Å². The van der Waals surface area contributed by atoms with Crippen LogP contribution in [-0.4, -0.2) is 46.2 Å². The molecule has 32 heavy (non-hydrogen) atoms. The average molecular weight is 438 g/mol. The lowest BCUT2D eigenvalue weighted by Crippen LogP contribution is -2.45. The number of hydrogen-bond donors (Lipinski definition) is 3. The van der Waals surface area contributed by atoms with Gasteiger partial charge in [-0.2, -0.15) is 0 Å². The van der Waals surface area contributed by atoms with E-state index in [0.29, 0.717) is 37.6 Å². The number of carbonyl (C=O) groups is 1. The topological polar surface area (TPSA) is 108 Å². The van der Waals surface area contributed by atoms with Crippen LogP contribution in [0.25, 0.3) is 0 Å². The molecule has 7 heteroatoms. The minimum atomic E-state index is -1.62. The van der Waals surface area contributed by atoms with Crippen LogP contribution in [0.5, 0.6) is 5.75 Å². The van der Waals surface area contributed by atoms with E-state index in [0.717, 1.165) is 31.2 Å². The number of carbonyl (C=O) groups excluding carboxylic acids is 1. The Kier molecular flexibility index (Phi) is 6.65. The van der Waals surface area contributed by atoms with Gasteiger partial charge in [-0.25, -0.2) is 9.79 Å². The summed E-state index contributed by atoms with van der Waals surface area (Å²) in [7, 11) is 0. The number of benzene rings is 2. The number of aliphatic imine (C=N–C) groups is 1. The van der Waals surface area contributed by atoms with Crippen molar-refractivity contribution in [3.63, 3.8) is 0 Å². The summed E-state index contributed by atoms with van der Waals surface area (Å²) >= 11 is 0. The van der Waals surface area contributed by atoms with Gasteiger partial charge in [0.05, 0.1) is 13.1 Å². The molecule has 0 aromatic heterocycles. The molecule has 2 aromatic rings. The first-order valence-corrected chi connectivity index (χ1v) is 11.3. The second-order valence-electron chi connectivity index (χ2n) is 8.72. The number of phenolic OH excluding ortho intramolecular Hbond substituents is 1. The number of nitrogens with two attached hydrogens (primary N) is 1. The minimum absolute atomic E-state index is 0.133. The van der Waals surface area contributed by atoms with Crippen molar-refractivity contribution in [2.75, 3.05) is 13.1 Å². The maximum Gasteiger partial charge on any atom is 0.343 e. The highest BCUT2D eigenvalue weighted by atomic mass is 16.6. The SMILES string of the molecule is NC(=NCc1ccc(O)cc1)N1CCC(OC(=O)C(O)(c2ccccc2)C2CCCC2)C1. The first-order chi connectivity index (χ1) is 15.5. The monoisotopic (exact) mass is 437 g/mol. The molecule has 0 amide bonds. The summed E-state index contributed by atoms with van der Waals surface area (Å²) in [6.07, 6.45) is 3.94. The van der Waals surface area contributed by atoms with Gasteiger partial charge in [0, 0.05) is 18.9 Å². The zero-order valence-electron chi connectivity index (χ0n) is 18.2. The number of aliphatic hydroxyl groups is 1. The van der Waals surface area contributed by atoms with Crippen LogP contribution < -0.4 is 5.73 Å². The molecular weight excluding hydrogens is 406 g/mol. The quantitative estimate of drug-likeness (QED) is 0.364. The van der Waals surface area contributed by atoms with Gasteiger partial charge in [0.1, 0.15) is 11.9 Å². The maximum atomic E-state index is 13.3. The van der Waals surface area contributed by atoms with Crippen LogP contribution >= 0.6 is 0 Å². The fourth-order valence-corrected chi connectivity index (χ4v) is 4.70. The van der Waals surface area contributed by atoms with Crippen molar-refractivity contribution in [3.8, 4) is 5.75 Å². The average Bonchev–Trinajstić information content (AvgIpc) is 3.51. The van der Waals surface area contributed by atoms with Crippen LogP contribution in [0.15, 0.2) is 59.6 Å². The lowest BCUT2D eigenvalue weighted by Gasteiger charge is -2.33. The second kappa shape index (κ2) is 9.61. The van der Waals surface area contributed by atoms with Gasteiger partial charge in [-0.15, -0.1) is 0 Å². The van der Waals surface area contributed by atoms with Crippen LogP contribution in [-0.2, 0) is 21.7 Å². The van der Waals surface area contributed by atoms with E-state index < -0.39 is 11.6 Å². The highest BCUT2D eigenvalue weighted by Crippen LogP contribution is 2.41. The van der Waals surface area contributed by atoms with Crippen molar-refractivity contribution in [1.82, 2.24) is 4.90 Å². The highest BCUT2D eigenvalue weighted by molar-refractivity contribution is 5.82. The van der Waals surface area contributed by atoms with Gasteiger partial charge in [0.15, 0.2) is 11.6 Å². The van der Waals surface area contributed by atoms with Crippen molar-refractivity contribution in [2.45, 2.75) is 50.4 Å². The van der Waals surface area contributed by atoms with Crippen LogP contribution in [0.4, 0.5) is 0 Å². The highest BCUT2D eigenvalue weighted by Gasteiger charge is 2.48. The molecule has 0 radical (unpaired) electrons. The Morgan fingerprint density at radius 3 is 2.47 bits per heavy atom. The zero-order chi connectivity index (χ0) is 22.6. The molecule has 1 saturated carbocycles. The van der Waals surface area contributed by atoms with E-state index in [-0.39, 0.29) is 17.8 Å². The molecule has 7 nitrogen and oxygen atoms in total. The van der Waals surface area contributed by atoms with Crippen LogP contribution in [0, 0.1) is 5.92 Å². The third kappa shape index (κ3) is 4.72. The van der Waals surface area contributed by atoms with Crippen LogP contribution in [0.3, 0.4) is 0 Å². The Morgan fingerprint density at radius 1 is 1.09 bits per heavy atom. The lowest BCUT2D eigenvalue weighted by molar-refractivity contribution is -0.178. The third-order valence-corrected chi connectivity index (χ3v) is 6.57. The Bertz CT molecular complexity index is 941. The first-order valence-electron chi connectivity index (χ1n) is 11.3. The summed E-state index contributed by atoms with van der Waals surface area (Å²) in [5, 5.41) is 20.9. The van der Waals surface area contributed by atoms with E-state index in [2.05, 4.69) is 4.99 Å². The summed E-state index contributed by atoms with van der Waals surface area (Å²) < 4.78 is 5.83. The number of hydrogen-bond acceptors (Lipinski definition) is 5. The molecule has 4 rings (SSSR count). The molecule has 2 unspecified atom stereocenters. The Hall–Kier alpha value is -3.06. The van der Waals surface area contributed by atoms with Gasteiger partial charge >= 0.3 is 5.97 Å². The van der Waals surface area contributed by atoms with E-state index in [1.54, 1.807) is 36.4 Å². The van der Waals surface area contributed by atoms with Crippen molar-refractivity contribution in [3.05, 3.63) is 65.7 Å². The molecule has 1 heterocycles. The molecule has 2 aromatic carbocycles. The van der Waals surface area contributed by atoms with Crippen molar-refractivity contribution in [2.24, 2.45) is 16.6 Å². The molecule has 1 aliphatic carbocycles. The van der Waals surface area contributed by atoms with Gasteiger partial charge < -0.3 is 25.6 Å². The van der Waals surface area contributed by atoms with Crippen LogP contribution in [0.2, 0.25) is 0 Å². The number of aromatic hydroxyl groups is 1. The van der Waals surface area contributed by atoms with E-state index in [1.807, 2.05) is 23.1 Å². The summed E-state index contributed by atoms with van der Waals surface area (Å²) in [4.78, 5) is 19.6. The molecular formula is C25H31N3O4. The number of esters is 1. The van der Waals surface area contributed by atoms with Gasteiger partial charge in [-0.3, -0.25) is 0 Å². The van der Waals surface area contributed by atoms with Gasteiger partial charge in [0.25, 0.3) is 0 Å². The predicted octanol–water partition coefficient (Wildman–Crippen LogP) is 2.90. The standard InChI is InChI=1S/C25H31N3O4/c26-24(27-16-18-10-12-21(29)13-11-18)28-15-14-22(17-28)32-23(30)25(31,20-8-4-5-9-20)19-6-2-1-3-7-19/h1-3,6-7,10-13,20,22,29,31H,4-5,8-9,14-17H2,(H2,26,27). The number of phenols is 1. The molecule has 2 aliphatic rings. The van der Waals surface area contributed by atoms with E-state index in [1.165, 1.54) is 0 Å². The first kappa shape index (κ1) is 22.1. The zero-order valence-corrected chi connectivity index (χ0v) is 18.2. The maximum absolute atomic E-state index is 13.3. The summed E-state index contributed by atoms with van der Waals surface area (Å²) in [6, 6.07) is 16.0. The molecule has 1 saturated heterocycles. The van der Waals surface area contributed by atoms with E-state index >= 15 is 0 Å². The third-order valence-electron chi connectivity index (χ3n) is 6.57. The number of rotatable bonds is 6. The van der Waals surface area contributed by atoms with Gasteiger partial charge in [-0.05, 0) is 36.1 Å². The normalized spacial score (nSPS) is 21.5. The number of nitrogens with zero attached hydrogens (tertiary/aromatic N) is 2. The molecule has 2 atom stereocenters. The molecule has 4 N–H and O–H groups in total. The fourth-order valence-electron chi connectivity index (χ4n) is 4.70. The van der Waals surface area contributed by atoms with Crippen molar-refractivity contribution in [1.29, 1.82) is 0 Å². The predicted molar refractivity (Wildman–Crippen MR) is 122 cm³/mol. The Morgan fingerprint density at radius 2 is 1.78 bits per heavy atom. The number of guanidine groups is 1. The van der Waals surface area contributed by atoms with Crippen molar-refractivity contribution < 1.29 is 19.7 Å². The fraction of sp³-hybridized carbons (Fsp3) is 0.440. The lowest BCUT2D eigenvalue weighted by atomic mass is 9.80. The number of ether oxygens (including phenoxy) is 1. The smallest absolute Gasteiger partial charge is 0.343 e. The van der Waals surface area contributed by atoms with E-state index in [9.17, 15) is 15.0 Å². The van der Waals surface area contributed by atoms with E-state index in [4.69, 9.17) is 10.5 Å². The van der Waals surface area contributed by atoms with Gasteiger partial charge in [0.2, 0.25) is 0 Å². The van der Waals surface area contributed by atoms with Gasteiger partial charge in [-0.1, -0.05) is 55.3 Å². The Labute approximate surface area is 188 Å². The molecule has 1 aliphatic heterocycles. The number of likely N-dealkylation sites (tertiary alicyclic amines) is 1. The molecule has 0 bridgehead atoms. The Balaban J connectivity index is 1.39. The second-order valence-corrected chi connectivity index (χ2v) is 8.72. The summed E-state index contributed by atoms with van der Waals surface area (Å²) in [5.74, 6) is -0.0948. The summed E-state index contributed by atoms with van der Waals surface area (Å²) in [5.41, 5.74) is 6.08.